The molecule has 4 N–H and O–H groups in total. The van der Waals surface area contributed by atoms with Crippen LogP contribution >= 0.6 is 0 Å². The number of aromatic carboxylic acids is 1. The van der Waals surface area contributed by atoms with Crippen molar-refractivity contribution < 1.29 is 19.4 Å². The van der Waals surface area contributed by atoms with Crippen molar-refractivity contribution in [3.63, 3.8) is 0 Å². The molecule has 3 heterocycles. The molecule has 5 rings (SSSR count). The second-order valence-corrected chi connectivity index (χ2v) is 8.50. The fraction of sp³-hybridized carbons (Fsp3) is 0.450. The molecule has 2 aliphatic rings. The van der Waals surface area contributed by atoms with Crippen molar-refractivity contribution in [3.05, 3.63) is 35.9 Å². The molecule has 2 fully saturated rings. The second kappa shape index (κ2) is 7.25. The van der Waals surface area contributed by atoms with E-state index in [0.717, 1.165) is 37.8 Å². The van der Waals surface area contributed by atoms with Gasteiger partial charge in [-0.2, -0.15) is 10.2 Å². The highest BCUT2D eigenvalue weighted by Crippen LogP contribution is 2.37. The zero-order chi connectivity index (χ0) is 21.6. The van der Waals surface area contributed by atoms with Crippen LogP contribution in [-0.2, 0) is 4.74 Å². The number of ether oxygens (including phenoxy) is 1. The van der Waals surface area contributed by atoms with E-state index in [1.54, 1.807) is 6.20 Å². The Balaban J connectivity index is 1.23. The number of carbonyl (C=O) groups is 2. The number of H-pyrrole nitrogens is 1. The lowest BCUT2D eigenvalue weighted by atomic mass is 10.0. The van der Waals surface area contributed by atoms with Crippen molar-refractivity contribution >= 4 is 29.2 Å². The first-order valence-corrected chi connectivity index (χ1v) is 10.3. The Bertz CT molecular complexity index is 1150. The van der Waals surface area contributed by atoms with Crippen LogP contribution in [0.25, 0.3) is 5.52 Å². The Morgan fingerprint density at radius 1 is 1.32 bits per heavy atom. The molecule has 0 aliphatic heterocycles. The number of nitrogens with zero attached hydrogens (tertiary/aromatic N) is 4. The number of anilines is 2. The van der Waals surface area contributed by atoms with Crippen LogP contribution in [0, 0.1) is 0 Å². The summed E-state index contributed by atoms with van der Waals surface area (Å²) >= 11 is 0. The van der Waals surface area contributed by atoms with E-state index in [9.17, 15) is 9.59 Å². The van der Waals surface area contributed by atoms with E-state index < -0.39 is 5.97 Å². The molecule has 0 aromatic carbocycles. The third-order valence-corrected chi connectivity index (χ3v) is 5.95. The van der Waals surface area contributed by atoms with Crippen molar-refractivity contribution in [2.24, 2.45) is 0 Å². The van der Waals surface area contributed by atoms with Gasteiger partial charge in [-0.15, -0.1) is 0 Å². The minimum absolute atomic E-state index is 0.0597. The highest BCUT2D eigenvalue weighted by Gasteiger charge is 2.40. The number of aromatic nitrogens is 5. The molecule has 2 atom stereocenters. The standard InChI is InChI=1S/C20H23N7O4/c1-20(4-5-20)23-19(30)31-12-3-2-11(8-12)13-10-16(25-24-13)22-17-15-9-14(18(28)29)26-27(15)7-6-21-17/h6-7,9-12H,2-5,8H2,1H3,(H,23,30)(H,28,29)(H2,21,22,24,25). The van der Waals surface area contributed by atoms with Crippen molar-refractivity contribution in [3.8, 4) is 0 Å². The topological polar surface area (TPSA) is 147 Å². The van der Waals surface area contributed by atoms with E-state index in [2.05, 4.69) is 30.9 Å². The average Bonchev–Trinajstić information content (AvgIpc) is 3.17. The fourth-order valence-corrected chi connectivity index (χ4v) is 3.92. The molecule has 2 unspecified atom stereocenters. The van der Waals surface area contributed by atoms with Gasteiger partial charge in [0.2, 0.25) is 0 Å². The SMILES string of the molecule is CC1(NC(=O)OC2CCC(c3cc(Nc4nccn5nc(C(=O)O)cc45)n[nH]3)C2)CC1. The molecule has 0 radical (unpaired) electrons. The van der Waals surface area contributed by atoms with Crippen molar-refractivity contribution in [2.45, 2.75) is 56.6 Å². The molecule has 0 spiro atoms. The molecule has 31 heavy (non-hydrogen) atoms. The monoisotopic (exact) mass is 425 g/mol. The lowest BCUT2D eigenvalue weighted by molar-refractivity contribution is 0.0689. The summed E-state index contributed by atoms with van der Waals surface area (Å²) in [6, 6.07) is 3.36. The third-order valence-electron chi connectivity index (χ3n) is 5.95. The molecule has 0 saturated heterocycles. The second-order valence-electron chi connectivity index (χ2n) is 8.50. The van der Waals surface area contributed by atoms with Gasteiger partial charge in [0.05, 0.1) is 0 Å². The van der Waals surface area contributed by atoms with E-state index in [4.69, 9.17) is 9.84 Å². The summed E-state index contributed by atoms with van der Waals surface area (Å²) in [5.74, 6) is 0.139. The van der Waals surface area contributed by atoms with Gasteiger partial charge < -0.3 is 20.5 Å². The van der Waals surface area contributed by atoms with E-state index in [1.165, 1.54) is 16.8 Å². The van der Waals surface area contributed by atoms with Crippen LogP contribution in [0.3, 0.4) is 0 Å². The van der Waals surface area contributed by atoms with Crippen LogP contribution in [0.4, 0.5) is 16.4 Å². The quantitative estimate of drug-likeness (QED) is 0.471. The van der Waals surface area contributed by atoms with Crippen molar-refractivity contribution in [1.82, 2.24) is 30.1 Å². The van der Waals surface area contributed by atoms with Gasteiger partial charge in [-0.05, 0) is 39.0 Å². The molecule has 0 bridgehead atoms. The van der Waals surface area contributed by atoms with Gasteiger partial charge in [0, 0.05) is 41.7 Å². The van der Waals surface area contributed by atoms with E-state index >= 15 is 0 Å². The molecule has 3 aromatic heterocycles. The summed E-state index contributed by atoms with van der Waals surface area (Å²) in [4.78, 5) is 27.5. The first-order chi connectivity index (χ1) is 14.9. The number of carbonyl (C=O) groups excluding carboxylic acids is 1. The number of fused-ring (bicyclic) bond motifs is 1. The maximum absolute atomic E-state index is 12.0. The number of carboxylic acid groups (broad SMARTS) is 1. The minimum atomic E-state index is -1.10. The Kier molecular flexibility index (Phi) is 4.53. The van der Waals surface area contributed by atoms with Gasteiger partial charge in [-0.1, -0.05) is 0 Å². The molecule has 11 heteroatoms. The Labute approximate surface area is 177 Å². The normalized spacial score (nSPS) is 21.7. The van der Waals surface area contributed by atoms with Crippen LogP contribution in [0.5, 0.6) is 0 Å². The zero-order valence-corrected chi connectivity index (χ0v) is 17.0. The molecular weight excluding hydrogens is 402 g/mol. The van der Waals surface area contributed by atoms with Crippen LogP contribution in [0.2, 0.25) is 0 Å². The van der Waals surface area contributed by atoms with Crippen LogP contribution < -0.4 is 10.6 Å². The summed E-state index contributed by atoms with van der Waals surface area (Å²) < 4.78 is 7.04. The molecule has 11 nitrogen and oxygen atoms in total. The zero-order valence-electron chi connectivity index (χ0n) is 17.0. The summed E-state index contributed by atoms with van der Waals surface area (Å²) in [6.45, 7) is 2.02. The fourth-order valence-electron chi connectivity index (χ4n) is 3.92. The summed E-state index contributed by atoms with van der Waals surface area (Å²) in [7, 11) is 0. The summed E-state index contributed by atoms with van der Waals surface area (Å²) in [6.07, 6.45) is 7.12. The van der Waals surface area contributed by atoms with Crippen LogP contribution in [0.15, 0.2) is 24.5 Å². The molecule has 2 aliphatic carbocycles. The molecule has 162 valence electrons. The number of rotatable bonds is 6. The highest BCUT2D eigenvalue weighted by molar-refractivity contribution is 5.88. The Hall–Kier alpha value is -3.63. The average molecular weight is 425 g/mol. The first-order valence-electron chi connectivity index (χ1n) is 10.3. The number of amides is 1. The van der Waals surface area contributed by atoms with E-state index in [0.29, 0.717) is 17.2 Å². The van der Waals surface area contributed by atoms with Gasteiger partial charge in [0.25, 0.3) is 0 Å². The smallest absolute Gasteiger partial charge is 0.407 e. The maximum atomic E-state index is 12.0. The van der Waals surface area contributed by atoms with Gasteiger partial charge in [-0.3, -0.25) is 5.10 Å². The van der Waals surface area contributed by atoms with E-state index in [1.807, 2.05) is 13.0 Å². The third kappa shape index (κ3) is 4.03. The van der Waals surface area contributed by atoms with Crippen molar-refractivity contribution in [1.29, 1.82) is 0 Å². The number of aromatic amines is 1. The first kappa shape index (κ1) is 19.3. The van der Waals surface area contributed by atoms with Crippen molar-refractivity contribution in [2.75, 3.05) is 5.32 Å². The van der Waals surface area contributed by atoms with E-state index in [-0.39, 0.29) is 29.3 Å². The number of alkyl carbamates (subject to hydrolysis) is 1. The molecule has 3 aromatic rings. The Morgan fingerprint density at radius 2 is 2.16 bits per heavy atom. The lowest BCUT2D eigenvalue weighted by Crippen LogP contribution is -2.36. The minimum Gasteiger partial charge on any atom is -0.476 e. The molecule has 2 saturated carbocycles. The Morgan fingerprint density at radius 3 is 2.94 bits per heavy atom. The van der Waals surface area contributed by atoms with Crippen LogP contribution in [-0.4, -0.2) is 53.6 Å². The number of hydrogen-bond acceptors (Lipinski definition) is 7. The largest absolute Gasteiger partial charge is 0.476 e. The van der Waals surface area contributed by atoms with Gasteiger partial charge in [0.1, 0.15) is 11.6 Å². The maximum Gasteiger partial charge on any atom is 0.407 e. The number of nitrogens with one attached hydrogen (secondary N) is 3. The van der Waals surface area contributed by atoms with Gasteiger partial charge in [-0.25, -0.2) is 19.1 Å². The molecule has 1 amide bonds. The predicted octanol–water partition coefficient (Wildman–Crippen LogP) is 2.81. The van der Waals surface area contributed by atoms with Crippen LogP contribution in [0.1, 0.15) is 61.1 Å². The highest BCUT2D eigenvalue weighted by atomic mass is 16.6. The summed E-state index contributed by atoms with van der Waals surface area (Å²) in [5, 5.41) is 26.6. The number of carboxylic acids is 1. The number of hydrogen-bond donors (Lipinski definition) is 4. The van der Waals surface area contributed by atoms with Gasteiger partial charge in [0.15, 0.2) is 17.3 Å². The predicted molar refractivity (Wildman–Crippen MR) is 109 cm³/mol. The lowest BCUT2D eigenvalue weighted by Gasteiger charge is -2.16. The molecular formula is C20H23N7O4. The van der Waals surface area contributed by atoms with Gasteiger partial charge >= 0.3 is 12.1 Å². The summed E-state index contributed by atoms with van der Waals surface area (Å²) in [5.41, 5.74) is 1.34.